The number of nitrogens with zero attached hydrogens (tertiary/aromatic N) is 1. The van der Waals surface area contributed by atoms with Gasteiger partial charge in [0.1, 0.15) is 6.61 Å². The first-order valence-corrected chi connectivity index (χ1v) is 3.00. The normalized spacial score (nSPS) is 10.2. The van der Waals surface area contributed by atoms with Gasteiger partial charge < -0.3 is 10.1 Å². The van der Waals surface area contributed by atoms with Gasteiger partial charge in [0.05, 0.1) is 6.61 Å². The fourth-order valence-electron chi connectivity index (χ4n) is 0.351. The van der Waals surface area contributed by atoms with Crippen LogP contribution in [-0.2, 0) is 9.53 Å². The van der Waals surface area contributed by atoms with Crippen molar-refractivity contribution >= 4 is 12.1 Å². The Labute approximate surface area is 60.3 Å². The summed E-state index contributed by atoms with van der Waals surface area (Å²) in [4.78, 5) is 14.2. The van der Waals surface area contributed by atoms with E-state index in [4.69, 9.17) is 4.74 Å². The maximum absolute atomic E-state index is 10.5. The fraction of sp³-hybridized carbons (Fsp3) is 0.667. The maximum Gasteiger partial charge on any atom is 0.245 e. The number of aliphatic imine (C=N–C) groups is 1. The van der Waals surface area contributed by atoms with E-state index < -0.39 is 0 Å². The molecule has 0 spiro atoms. The number of hydrogen-bond donors (Lipinski definition) is 1. The minimum absolute atomic E-state index is 0.0997. The molecule has 1 N–H and O–H groups in total. The van der Waals surface area contributed by atoms with E-state index in [1.807, 2.05) is 0 Å². The number of rotatable bonds is 4. The second-order valence-corrected chi connectivity index (χ2v) is 1.63. The molecule has 0 atom stereocenters. The lowest BCUT2D eigenvalue weighted by Crippen LogP contribution is -2.23. The van der Waals surface area contributed by atoms with Gasteiger partial charge in [-0.3, -0.25) is 9.79 Å². The molecule has 0 heterocycles. The Balaban J connectivity index is 3.11. The lowest BCUT2D eigenvalue weighted by atomic mass is 10.6. The number of carbonyl (C=O) groups excluding carboxylic acids is 1. The quantitative estimate of drug-likeness (QED) is 0.425. The van der Waals surface area contributed by atoms with Gasteiger partial charge in [0, 0.05) is 20.3 Å². The van der Waals surface area contributed by atoms with Crippen LogP contribution >= 0.6 is 0 Å². The first-order valence-electron chi connectivity index (χ1n) is 3.00. The molecule has 0 aliphatic carbocycles. The van der Waals surface area contributed by atoms with E-state index in [0.717, 1.165) is 0 Å². The number of amides is 1. The predicted molar refractivity (Wildman–Crippen MR) is 39.3 cm³/mol. The third-order valence-electron chi connectivity index (χ3n) is 0.887. The largest absolute Gasteiger partial charge is 0.366 e. The van der Waals surface area contributed by atoms with E-state index >= 15 is 0 Å². The molecule has 1 amide bonds. The molecular weight excluding hydrogens is 132 g/mol. The predicted octanol–water partition coefficient (Wildman–Crippen LogP) is -0.550. The maximum atomic E-state index is 10.5. The highest BCUT2D eigenvalue weighted by atomic mass is 16.5. The number of ether oxygens (including phenoxy) is 1. The summed E-state index contributed by atoms with van der Waals surface area (Å²) in [7, 11) is 3.23. The van der Waals surface area contributed by atoms with Crippen LogP contribution in [0, 0.1) is 0 Å². The molecule has 0 aromatic carbocycles. The Morgan fingerprint density at radius 3 is 3.00 bits per heavy atom. The summed E-state index contributed by atoms with van der Waals surface area (Å²) < 4.78 is 4.87. The molecule has 0 aliphatic heterocycles. The van der Waals surface area contributed by atoms with E-state index in [2.05, 4.69) is 10.3 Å². The average molecular weight is 144 g/mol. The van der Waals surface area contributed by atoms with Crippen LogP contribution in [0.2, 0.25) is 0 Å². The van der Waals surface area contributed by atoms with Crippen LogP contribution in [0.4, 0.5) is 0 Å². The highest BCUT2D eigenvalue weighted by Crippen LogP contribution is 1.70. The minimum atomic E-state index is -0.121. The van der Waals surface area contributed by atoms with Crippen molar-refractivity contribution < 1.29 is 9.53 Å². The monoisotopic (exact) mass is 144 g/mol. The van der Waals surface area contributed by atoms with Crippen LogP contribution < -0.4 is 5.32 Å². The van der Waals surface area contributed by atoms with E-state index in [9.17, 15) is 4.79 Å². The van der Waals surface area contributed by atoms with Gasteiger partial charge in [-0.05, 0) is 0 Å². The first-order chi connectivity index (χ1) is 4.81. The van der Waals surface area contributed by atoms with Gasteiger partial charge in [0.2, 0.25) is 5.91 Å². The van der Waals surface area contributed by atoms with E-state index in [1.54, 1.807) is 20.3 Å². The lowest BCUT2D eigenvalue weighted by Gasteiger charge is -1.97. The first kappa shape index (κ1) is 9.10. The van der Waals surface area contributed by atoms with Crippen molar-refractivity contribution in [2.45, 2.75) is 0 Å². The number of likely N-dealkylation sites (N-methyl/N-ethyl adjacent to an activating group) is 1. The Hall–Kier alpha value is -0.900. The zero-order valence-corrected chi connectivity index (χ0v) is 6.26. The summed E-state index contributed by atoms with van der Waals surface area (Å²) in [5.74, 6) is -0.121. The molecule has 4 nitrogen and oxygen atoms in total. The van der Waals surface area contributed by atoms with Gasteiger partial charge in [-0.25, -0.2) is 0 Å². The Morgan fingerprint density at radius 2 is 2.50 bits per heavy atom. The van der Waals surface area contributed by atoms with E-state index in [1.165, 1.54) is 0 Å². The molecule has 4 heteroatoms. The van der Waals surface area contributed by atoms with Gasteiger partial charge in [-0.1, -0.05) is 0 Å². The van der Waals surface area contributed by atoms with Crippen molar-refractivity contribution in [1.82, 2.24) is 5.32 Å². The number of hydrogen-bond acceptors (Lipinski definition) is 3. The number of nitrogens with one attached hydrogen (secondary N) is 1. The Kier molecular flexibility index (Phi) is 5.66. The van der Waals surface area contributed by atoms with Crippen molar-refractivity contribution in [3.05, 3.63) is 0 Å². The van der Waals surface area contributed by atoms with Crippen LogP contribution in [-0.4, -0.2) is 39.4 Å². The van der Waals surface area contributed by atoms with Crippen molar-refractivity contribution in [1.29, 1.82) is 0 Å². The molecular formula is C6H12N2O2. The molecule has 0 saturated heterocycles. The summed E-state index contributed by atoms with van der Waals surface area (Å²) in [6.07, 6.45) is 1.60. The topological polar surface area (TPSA) is 50.7 Å². The third kappa shape index (κ3) is 5.24. The lowest BCUT2D eigenvalue weighted by molar-refractivity contribution is -0.124. The molecule has 0 aliphatic rings. The average Bonchev–Trinajstić information content (AvgIpc) is 1.98. The van der Waals surface area contributed by atoms with Gasteiger partial charge in [0.25, 0.3) is 0 Å². The molecule has 10 heavy (non-hydrogen) atoms. The van der Waals surface area contributed by atoms with Gasteiger partial charge in [-0.2, -0.15) is 0 Å². The zero-order chi connectivity index (χ0) is 7.82. The standard InChI is InChI=1S/C6H12N2O2/c1-7-3-4-10-5-6(9)8-2/h3H,4-5H2,1-2H3,(H,8,9). The molecule has 0 unspecified atom stereocenters. The Bertz CT molecular complexity index is 123. The fourth-order valence-corrected chi connectivity index (χ4v) is 0.351. The molecule has 0 saturated carbocycles. The van der Waals surface area contributed by atoms with Crippen LogP contribution in [0.15, 0.2) is 4.99 Å². The second-order valence-electron chi connectivity index (χ2n) is 1.63. The molecule has 0 aromatic heterocycles. The summed E-state index contributed by atoms with van der Waals surface area (Å²) in [5, 5.41) is 2.43. The SMILES string of the molecule is CN=CCOCC(=O)NC. The van der Waals surface area contributed by atoms with Crippen LogP contribution in [0.25, 0.3) is 0 Å². The summed E-state index contributed by atoms with van der Waals surface area (Å²) in [6, 6.07) is 0. The van der Waals surface area contributed by atoms with Crippen LogP contribution in [0.5, 0.6) is 0 Å². The van der Waals surface area contributed by atoms with Crippen molar-refractivity contribution in [2.75, 3.05) is 27.3 Å². The molecule has 0 radical (unpaired) electrons. The van der Waals surface area contributed by atoms with Gasteiger partial charge in [-0.15, -0.1) is 0 Å². The zero-order valence-electron chi connectivity index (χ0n) is 6.26. The van der Waals surface area contributed by atoms with Gasteiger partial charge >= 0.3 is 0 Å². The van der Waals surface area contributed by atoms with Crippen molar-refractivity contribution in [3.63, 3.8) is 0 Å². The molecule has 0 rings (SSSR count). The molecule has 0 fully saturated rings. The van der Waals surface area contributed by atoms with Gasteiger partial charge in [0.15, 0.2) is 0 Å². The molecule has 0 aromatic rings. The van der Waals surface area contributed by atoms with E-state index in [-0.39, 0.29) is 12.5 Å². The van der Waals surface area contributed by atoms with Crippen LogP contribution in [0.1, 0.15) is 0 Å². The second kappa shape index (κ2) is 6.22. The van der Waals surface area contributed by atoms with Crippen molar-refractivity contribution in [2.24, 2.45) is 4.99 Å². The minimum Gasteiger partial charge on any atom is -0.366 e. The highest BCUT2D eigenvalue weighted by molar-refractivity contribution is 5.77. The van der Waals surface area contributed by atoms with Crippen LogP contribution in [0.3, 0.4) is 0 Å². The number of carbonyl (C=O) groups is 1. The summed E-state index contributed by atoms with van der Waals surface area (Å²) >= 11 is 0. The summed E-state index contributed by atoms with van der Waals surface area (Å²) in [5.41, 5.74) is 0. The van der Waals surface area contributed by atoms with Crippen molar-refractivity contribution in [3.8, 4) is 0 Å². The summed E-state index contributed by atoms with van der Waals surface area (Å²) in [6.45, 7) is 0.492. The van der Waals surface area contributed by atoms with E-state index in [0.29, 0.717) is 6.61 Å². The smallest absolute Gasteiger partial charge is 0.245 e. The third-order valence-corrected chi connectivity index (χ3v) is 0.887. The highest BCUT2D eigenvalue weighted by Gasteiger charge is 1.93. The molecule has 0 bridgehead atoms. The molecule has 58 valence electrons. The Morgan fingerprint density at radius 1 is 1.80 bits per heavy atom.